The summed E-state index contributed by atoms with van der Waals surface area (Å²) in [5, 5.41) is 8.62. The molecule has 1 N–H and O–H groups in total. The van der Waals surface area contributed by atoms with E-state index in [1.807, 2.05) is 6.92 Å². The summed E-state index contributed by atoms with van der Waals surface area (Å²) in [6.07, 6.45) is 18.4. The Morgan fingerprint density at radius 1 is 0.826 bits per heavy atom. The summed E-state index contributed by atoms with van der Waals surface area (Å²) in [7, 11) is 0. The number of carbonyl (C=O) groups is 1. The molecule has 0 saturated carbocycles. The molecule has 0 aliphatic rings. The standard InChI is InChI=1S/C20H40O3/c1-3-4-5-6-7-8-9-10-11-12-13-14-15-16-19(2)20(22)23-18-17-21/h19,21H,3-18H2,1-2H3. The van der Waals surface area contributed by atoms with Crippen LogP contribution in [0.2, 0.25) is 0 Å². The Hall–Kier alpha value is -0.570. The fraction of sp³-hybridized carbons (Fsp3) is 0.950. The molecule has 0 rings (SSSR count). The van der Waals surface area contributed by atoms with Gasteiger partial charge in [0.05, 0.1) is 12.5 Å². The molecule has 1 atom stereocenters. The molecular formula is C20H40O3. The first-order chi connectivity index (χ1) is 11.2. The fourth-order valence-electron chi connectivity index (χ4n) is 2.87. The van der Waals surface area contributed by atoms with Gasteiger partial charge in [-0.2, -0.15) is 0 Å². The Bertz CT molecular complexity index is 253. The number of hydrogen-bond donors (Lipinski definition) is 1. The summed E-state index contributed by atoms with van der Waals surface area (Å²) in [5.41, 5.74) is 0. The summed E-state index contributed by atoms with van der Waals surface area (Å²) < 4.78 is 4.93. The maximum Gasteiger partial charge on any atom is 0.308 e. The molecular weight excluding hydrogens is 288 g/mol. The molecule has 3 nitrogen and oxygen atoms in total. The van der Waals surface area contributed by atoms with Crippen LogP contribution in [0.3, 0.4) is 0 Å². The highest BCUT2D eigenvalue weighted by Crippen LogP contribution is 2.15. The lowest BCUT2D eigenvalue weighted by molar-refractivity contribution is -0.149. The molecule has 3 heteroatoms. The fourth-order valence-corrected chi connectivity index (χ4v) is 2.87. The van der Waals surface area contributed by atoms with Gasteiger partial charge < -0.3 is 9.84 Å². The number of aliphatic hydroxyl groups excluding tert-OH is 1. The van der Waals surface area contributed by atoms with Crippen molar-refractivity contribution in [3.05, 3.63) is 0 Å². The van der Waals surface area contributed by atoms with Gasteiger partial charge in [-0.1, -0.05) is 97.3 Å². The highest BCUT2D eigenvalue weighted by Gasteiger charge is 2.13. The molecule has 0 spiro atoms. The van der Waals surface area contributed by atoms with Crippen LogP contribution >= 0.6 is 0 Å². The van der Waals surface area contributed by atoms with Gasteiger partial charge in [-0.25, -0.2) is 0 Å². The molecule has 1 unspecified atom stereocenters. The number of hydrogen-bond acceptors (Lipinski definition) is 3. The van der Waals surface area contributed by atoms with Gasteiger partial charge in [0, 0.05) is 0 Å². The minimum Gasteiger partial charge on any atom is -0.463 e. The van der Waals surface area contributed by atoms with Crippen molar-refractivity contribution in [1.29, 1.82) is 0 Å². The van der Waals surface area contributed by atoms with Gasteiger partial charge in [-0.3, -0.25) is 4.79 Å². The monoisotopic (exact) mass is 328 g/mol. The minimum atomic E-state index is -0.169. The van der Waals surface area contributed by atoms with Crippen molar-refractivity contribution < 1.29 is 14.6 Å². The number of unbranched alkanes of at least 4 members (excludes halogenated alkanes) is 12. The van der Waals surface area contributed by atoms with Gasteiger partial charge >= 0.3 is 5.97 Å². The number of carbonyl (C=O) groups excluding carboxylic acids is 1. The van der Waals surface area contributed by atoms with Gasteiger partial charge in [0.25, 0.3) is 0 Å². The zero-order valence-corrected chi connectivity index (χ0v) is 15.7. The summed E-state index contributed by atoms with van der Waals surface area (Å²) in [4.78, 5) is 11.5. The third-order valence-corrected chi connectivity index (χ3v) is 4.48. The van der Waals surface area contributed by atoms with E-state index in [4.69, 9.17) is 9.84 Å². The highest BCUT2D eigenvalue weighted by atomic mass is 16.5. The van der Waals surface area contributed by atoms with E-state index in [1.54, 1.807) is 0 Å². The Morgan fingerprint density at radius 2 is 1.26 bits per heavy atom. The van der Waals surface area contributed by atoms with Crippen LogP contribution in [-0.4, -0.2) is 24.3 Å². The van der Waals surface area contributed by atoms with Crippen molar-refractivity contribution >= 4 is 5.97 Å². The Labute approximate surface area is 144 Å². The minimum absolute atomic E-state index is 0.0331. The molecule has 0 fully saturated rings. The lowest BCUT2D eigenvalue weighted by Crippen LogP contribution is -2.16. The van der Waals surface area contributed by atoms with Crippen molar-refractivity contribution in [3.8, 4) is 0 Å². The molecule has 0 heterocycles. The Kier molecular flexibility index (Phi) is 17.3. The van der Waals surface area contributed by atoms with Crippen molar-refractivity contribution in [2.45, 2.75) is 104 Å². The van der Waals surface area contributed by atoms with Crippen LogP contribution < -0.4 is 0 Å². The topological polar surface area (TPSA) is 46.5 Å². The first-order valence-corrected chi connectivity index (χ1v) is 9.99. The summed E-state index contributed by atoms with van der Waals surface area (Å²) >= 11 is 0. The number of esters is 1. The molecule has 138 valence electrons. The van der Waals surface area contributed by atoms with Crippen LogP contribution in [-0.2, 0) is 9.53 Å². The van der Waals surface area contributed by atoms with Crippen LogP contribution in [0.1, 0.15) is 104 Å². The zero-order chi connectivity index (χ0) is 17.2. The second-order valence-electron chi connectivity index (χ2n) is 6.82. The van der Waals surface area contributed by atoms with E-state index in [0.717, 1.165) is 12.8 Å². The molecule has 0 aromatic heterocycles. The van der Waals surface area contributed by atoms with Crippen molar-refractivity contribution in [3.63, 3.8) is 0 Å². The predicted molar refractivity (Wildman–Crippen MR) is 97.5 cm³/mol. The average molecular weight is 329 g/mol. The van der Waals surface area contributed by atoms with Crippen LogP contribution in [0.25, 0.3) is 0 Å². The van der Waals surface area contributed by atoms with Gasteiger partial charge in [-0.15, -0.1) is 0 Å². The maximum absolute atomic E-state index is 11.5. The largest absolute Gasteiger partial charge is 0.463 e. The van der Waals surface area contributed by atoms with E-state index in [1.165, 1.54) is 77.0 Å². The zero-order valence-electron chi connectivity index (χ0n) is 15.7. The van der Waals surface area contributed by atoms with Gasteiger partial charge in [0.2, 0.25) is 0 Å². The van der Waals surface area contributed by atoms with Gasteiger partial charge in [0.15, 0.2) is 0 Å². The summed E-state index contributed by atoms with van der Waals surface area (Å²) in [6.45, 7) is 4.23. The van der Waals surface area contributed by atoms with Crippen LogP contribution in [0.15, 0.2) is 0 Å². The molecule has 0 aromatic rings. The third kappa shape index (κ3) is 16.1. The number of ether oxygens (including phenoxy) is 1. The summed E-state index contributed by atoms with van der Waals surface area (Å²) in [5.74, 6) is -0.202. The highest BCUT2D eigenvalue weighted by molar-refractivity contribution is 5.71. The van der Waals surface area contributed by atoms with Gasteiger partial charge in [-0.05, 0) is 6.42 Å². The first-order valence-electron chi connectivity index (χ1n) is 9.99. The molecule has 0 saturated heterocycles. The molecule has 0 aliphatic carbocycles. The number of aliphatic hydroxyl groups is 1. The molecule has 23 heavy (non-hydrogen) atoms. The first kappa shape index (κ1) is 22.4. The van der Waals surface area contributed by atoms with E-state index in [-0.39, 0.29) is 25.1 Å². The van der Waals surface area contributed by atoms with E-state index in [9.17, 15) is 4.79 Å². The Balaban J connectivity index is 3.19. The molecule has 0 aromatic carbocycles. The Morgan fingerprint density at radius 3 is 1.70 bits per heavy atom. The van der Waals surface area contributed by atoms with Crippen molar-refractivity contribution in [1.82, 2.24) is 0 Å². The van der Waals surface area contributed by atoms with Gasteiger partial charge in [0.1, 0.15) is 6.61 Å². The van der Waals surface area contributed by atoms with E-state index in [2.05, 4.69) is 6.92 Å². The number of rotatable bonds is 17. The molecule has 0 amide bonds. The SMILES string of the molecule is CCCCCCCCCCCCCCCC(C)C(=O)OCCO. The lowest BCUT2D eigenvalue weighted by atomic mass is 10.0. The predicted octanol–water partition coefficient (Wildman–Crippen LogP) is 5.64. The lowest BCUT2D eigenvalue weighted by Gasteiger charge is -2.10. The molecule has 0 aliphatic heterocycles. The second-order valence-corrected chi connectivity index (χ2v) is 6.82. The normalized spacial score (nSPS) is 12.3. The quantitative estimate of drug-likeness (QED) is 0.278. The third-order valence-electron chi connectivity index (χ3n) is 4.48. The average Bonchev–Trinajstić information content (AvgIpc) is 2.56. The van der Waals surface area contributed by atoms with E-state index >= 15 is 0 Å². The van der Waals surface area contributed by atoms with Crippen LogP contribution in [0.5, 0.6) is 0 Å². The molecule has 0 bridgehead atoms. The van der Waals surface area contributed by atoms with E-state index in [0.29, 0.717) is 0 Å². The second kappa shape index (κ2) is 17.8. The van der Waals surface area contributed by atoms with E-state index < -0.39 is 0 Å². The molecule has 0 radical (unpaired) electrons. The maximum atomic E-state index is 11.5. The van der Waals surface area contributed by atoms with Crippen LogP contribution in [0, 0.1) is 5.92 Å². The van der Waals surface area contributed by atoms with Crippen molar-refractivity contribution in [2.24, 2.45) is 5.92 Å². The van der Waals surface area contributed by atoms with Crippen molar-refractivity contribution in [2.75, 3.05) is 13.2 Å². The summed E-state index contributed by atoms with van der Waals surface area (Å²) in [6, 6.07) is 0. The smallest absolute Gasteiger partial charge is 0.308 e. The van der Waals surface area contributed by atoms with Crippen LogP contribution in [0.4, 0.5) is 0 Å².